The molecule has 0 aliphatic heterocycles. The lowest BCUT2D eigenvalue weighted by atomic mass is 9.50. The quantitative estimate of drug-likeness (QED) is 0.285. The molecular weight excluding hydrogens is 384 g/mol. The fourth-order valence-corrected chi connectivity index (χ4v) is 8.25. The topological polar surface area (TPSA) is 43.4 Å². The van der Waals surface area contributed by atoms with Gasteiger partial charge in [-0.15, -0.1) is 0 Å². The van der Waals surface area contributed by atoms with Crippen molar-refractivity contribution in [3.05, 3.63) is 0 Å². The first-order valence-electron chi connectivity index (χ1n) is 13.7. The number of carbonyl (C=O) groups is 2. The lowest BCUT2D eigenvalue weighted by Gasteiger charge is -2.55. The van der Waals surface area contributed by atoms with E-state index >= 15 is 0 Å². The molecule has 176 valence electrons. The van der Waals surface area contributed by atoms with E-state index in [0.717, 1.165) is 62.2 Å². The molecule has 31 heavy (non-hydrogen) atoms. The van der Waals surface area contributed by atoms with Gasteiger partial charge >= 0.3 is 5.97 Å². The number of esters is 1. The molecule has 7 atom stereocenters. The first-order chi connectivity index (χ1) is 15.0. The van der Waals surface area contributed by atoms with Crippen molar-refractivity contribution in [2.75, 3.05) is 0 Å². The Hall–Kier alpha value is -0.860. The second-order valence-corrected chi connectivity index (χ2v) is 11.7. The summed E-state index contributed by atoms with van der Waals surface area (Å²) in [5, 5.41) is 0. The average Bonchev–Trinajstić information content (AvgIpc) is 3.09. The van der Waals surface area contributed by atoms with Gasteiger partial charge in [0.1, 0.15) is 11.9 Å². The number of hydrogen-bond donors (Lipinski definition) is 0. The smallest absolute Gasteiger partial charge is 0.306 e. The van der Waals surface area contributed by atoms with E-state index in [9.17, 15) is 9.59 Å². The predicted octanol–water partition coefficient (Wildman–Crippen LogP) is 7.26. The Morgan fingerprint density at radius 3 is 2.48 bits per heavy atom. The minimum atomic E-state index is 0.0528. The van der Waals surface area contributed by atoms with Crippen molar-refractivity contribution in [3.63, 3.8) is 0 Å². The third kappa shape index (κ3) is 5.06. The molecule has 4 saturated carbocycles. The molecular formula is C28H46O3. The monoisotopic (exact) mass is 430 g/mol. The summed E-state index contributed by atoms with van der Waals surface area (Å²) < 4.78 is 6.15. The van der Waals surface area contributed by atoms with Crippen molar-refractivity contribution < 1.29 is 14.3 Å². The summed E-state index contributed by atoms with van der Waals surface area (Å²) in [4.78, 5) is 24.6. The van der Waals surface area contributed by atoms with Gasteiger partial charge in [0.05, 0.1) is 0 Å². The van der Waals surface area contributed by atoms with Gasteiger partial charge in [-0.3, -0.25) is 9.59 Å². The van der Waals surface area contributed by atoms with Crippen LogP contribution in [0, 0.1) is 35.0 Å². The van der Waals surface area contributed by atoms with Crippen LogP contribution in [0.25, 0.3) is 0 Å². The van der Waals surface area contributed by atoms with E-state index in [1.165, 1.54) is 64.2 Å². The molecule has 0 bridgehead atoms. The molecule has 4 aliphatic carbocycles. The van der Waals surface area contributed by atoms with E-state index in [0.29, 0.717) is 18.1 Å². The lowest BCUT2D eigenvalue weighted by Crippen LogP contribution is -2.50. The number of unbranched alkanes of at least 4 members (excludes halogenated alkanes) is 6. The van der Waals surface area contributed by atoms with Gasteiger partial charge in [-0.05, 0) is 81.0 Å². The number of rotatable bonds is 9. The van der Waals surface area contributed by atoms with Gasteiger partial charge < -0.3 is 4.74 Å². The molecule has 3 nitrogen and oxygen atoms in total. The van der Waals surface area contributed by atoms with Crippen LogP contribution in [0.3, 0.4) is 0 Å². The Morgan fingerprint density at radius 2 is 1.68 bits per heavy atom. The minimum Gasteiger partial charge on any atom is -0.462 e. The highest BCUT2D eigenvalue weighted by molar-refractivity contribution is 5.79. The Bertz CT molecular complexity index is 628. The van der Waals surface area contributed by atoms with Crippen LogP contribution in [0.15, 0.2) is 0 Å². The van der Waals surface area contributed by atoms with E-state index in [4.69, 9.17) is 4.74 Å². The standard InChI is InChI=1S/C28H46O3/c1-3-4-5-6-7-8-9-10-27(30)31-26-16-15-25-24-13-11-20-19-21(29)12-14-22(20)23(24)17-18-28(25,26)2/h20,22-26H,3-19H2,1-2H3/t20?,22-,23+,24+,25-,26?,28-/m0/s1. The largest absolute Gasteiger partial charge is 0.462 e. The number of hydrogen-bond acceptors (Lipinski definition) is 3. The molecule has 0 aromatic rings. The van der Waals surface area contributed by atoms with Gasteiger partial charge in [0.25, 0.3) is 0 Å². The lowest BCUT2D eigenvalue weighted by molar-refractivity contribution is -0.160. The minimum absolute atomic E-state index is 0.0528. The second kappa shape index (κ2) is 10.4. The van der Waals surface area contributed by atoms with Gasteiger partial charge in [0, 0.05) is 24.7 Å². The fourth-order valence-electron chi connectivity index (χ4n) is 8.25. The van der Waals surface area contributed by atoms with Crippen LogP contribution < -0.4 is 0 Å². The molecule has 2 unspecified atom stereocenters. The number of ether oxygens (including phenoxy) is 1. The normalized spacial score (nSPS) is 39.5. The van der Waals surface area contributed by atoms with E-state index < -0.39 is 0 Å². The van der Waals surface area contributed by atoms with Crippen molar-refractivity contribution in [2.24, 2.45) is 35.0 Å². The molecule has 0 N–H and O–H groups in total. The van der Waals surface area contributed by atoms with E-state index in [-0.39, 0.29) is 17.5 Å². The first-order valence-corrected chi connectivity index (χ1v) is 13.7. The SMILES string of the molecule is CCCCCCCCCC(=O)OC1CC[C@H]2[C@@H]3CCC4CC(=O)CC[C@@H]4[C@H]3CC[C@]12C. The summed E-state index contributed by atoms with van der Waals surface area (Å²) in [5.41, 5.74) is 0.189. The zero-order valence-corrected chi connectivity index (χ0v) is 20.2. The summed E-state index contributed by atoms with van der Waals surface area (Å²) in [6.07, 6.45) is 19.6. The maximum atomic E-state index is 12.6. The zero-order chi connectivity index (χ0) is 21.8. The Labute approximate surface area is 190 Å². The van der Waals surface area contributed by atoms with Crippen molar-refractivity contribution in [1.82, 2.24) is 0 Å². The first kappa shape index (κ1) is 23.3. The number of Topliss-reactive ketones (excluding diaryl/α,β-unsaturated/α-hetero) is 1. The summed E-state index contributed by atoms with van der Waals surface area (Å²) in [6, 6.07) is 0. The number of carbonyl (C=O) groups excluding carboxylic acids is 2. The Kier molecular flexibility index (Phi) is 7.81. The Balaban J connectivity index is 1.26. The van der Waals surface area contributed by atoms with Crippen LogP contribution in [0.5, 0.6) is 0 Å². The molecule has 3 heteroatoms. The molecule has 4 aliphatic rings. The molecule has 0 amide bonds. The molecule has 0 heterocycles. The molecule has 0 aromatic carbocycles. The van der Waals surface area contributed by atoms with Crippen molar-refractivity contribution >= 4 is 11.8 Å². The summed E-state index contributed by atoms with van der Waals surface area (Å²) in [5.74, 6) is 4.38. The maximum absolute atomic E-state index is 12.6. The van der Waals surface area contributed by atoms with E-state index in [1.54, 1.807) is 0 Å². The number of fused-ring (bicyclic) bond motifs is 5. The third-order valence-corrected chi connectivity index (χ3v) is 9.94. The summed E-state index contributed by atoms with van der Waals surface area (Å²) >= 11 is 0. The Morgan fingerprint density at radius 1 is 0.903 bits per heavy atom. The van der Waals surface area contributed by atoms with Crippen LogP contribution in [0.2, 0.25) is 0 Å². The van der Waals surface area contributed by atoms with Gasteiger partial charge in [-0.2, -0.15) is 0 Å². The van der Waals surface area contributed by atoms with Gasteiger partial charge in [0.15, 0.2) is 0 Å². The maximum Gasteiger partial charge on any atom is 0.306 e. The summed E-state index contributed by atoms with van der Waals surface area (Å²) in [7, 11) is 0. The zero-order valence-electron chi connectivity index (χ0n) is 20.2. The number of ketones is 1. The van der Waals surface area contributed by atoms with E-state index in [2.05, 4.69) is 13.8 Å². The van der Waals surface area contributed by atoms with Crippen LogP contribution in [0.4, 0.5) is 0 Å². The van der Waals surface area contributed by atoms with Crippen LogP contribution >= 0.6 is 0 Å². The van der Waals surface area contributed by atoms with E-state index in [1.807, 2.05) is 0 Å². The van der Waals surface area contributed by atoms with Gasteiger partial charge in [-0.25, -0.2) is 0 Å². The van der Waals surface area contributed by atoms with Crippen LogP contribution in [-0.4, -0.2) is 17.9 Å². The molecule has 0 radical (unpaired) electrons. The predicted molar refractivity (Wildman–Crippen MR) is 125 cm³/mol. The highest BCUT2D eigenvalue weighted by Crippen LogP contribution is 2.62. The highest BCUT2D eigenvalue weighted by Gasteiger charge is 2.58. The molecule has 0 aromatic heterocycles. The summed E-state index contributed by atoms with van der Waals surface area (Å²) in [6.45, 7) is 4.68. The molecule has 0 spiro atoms. The van der Waals surface area contributed by atoms with Crippen LogP contribution in [0.1, 0.15) is 123 Å². The average molecular weight is 431 g/mol. The molecule has 0 saturated heterocycles. The van der Waals surface area contributed by atoms with Gasteiger partial charge in [-0.1, -0.05) is 52.4 Å². The molecule has 4 rings (SSSR count). The third-order valence-electron chi connectivity index (χ3n) is 9.94. The van der Waals surface area contributed by atoms with Gasteiger partial charge in [0.2, 0.25) is 0 Å². The fraction of sp³-hybridized carbons (Fsp3) is 0.929. The second-order valence-electron chi connectivity index (χ2n) is 11.7. The van der Waals surface area contributed by atoms with Crippen molar-refractivity contribution in [1.29, 1.82) is 0 Å². The van der Waals surface area contributed by atoms with Crippen molar-refractivity contribution in [2.45, 2.75) is 129 Å². The molecule has 4 fully saturated rings. The highest BCUT2D eigenvalue weighted by atomic mass is 16.5. The van der Waals surface area contributed by atoms with Crippen molar-refractivity contribution in [3.8, 4) is 0 Å². The van der Waals surface area contributed by atoms with Crippen LogP contribution in [-0.2, 0) is 14.3 Å².